The zero-order valence-corrected chi connectivity index (χ0v) is 19.0. The van der Waals surface area contributed by atoms with E-state index in [0.717, 1.165) is 43.0 Å². The van der Waals surface area contributed by atoms with Gasteiger partial charge >= 0.3 is 6.18 Å². The average molecular weight is 538 g/mol. The van der Waals surface area contributed by atoms with Gasteiger partial charge in [0.15, 0.2) is 18.4 Å². The highest BCUT2D eigenvalue weighted by Crippen LogP contribution is 2.19. The van der Waals surface area contributed by atoms with E-state index in [1.54, 1.807) is 12.1 Å². The van der Waals surface area contributed by atoms with E-state index in [4.69, 9.17) is 4.74 Å². The molecule has 1 aliphatic rings. The van der Waals surface area contributed by atoms with Crippen LogP contribution in [0.25, 0.3) is 0 Å². The van der Waals surface area contributed by atoms with Crippen LogP contribution in [0.5, 0.6) is 5.75 Å². The van der Waals surface area contributed by atoms with Gasteiger partial charge in [0.05, 0.1) is 13.1 Å². The fourth-order valence-electron chi connectivity index (χ4n) is 3.03. The third-order valence-corrected chi connectivity index (χ3v) is 4.44. The summed E-state index contributed by atoms with van der Waals surface area (Å²) < 4.78 is 43.5. The summed E-state index contributed by atoms with van der Waals surface area (Å²) in [4.78, 5) is 4.53. The number of benzene rings is 1. The second-order valence-electron chi connectivity index (χ2n) is 6.74. The number of nitrogens with one attached hydrogen (secondary N) is 2. The van der Waals surface area contributed by atoms with Gasteiger partial charge in [-0.25, -0.2) is 4.99 Å². The molecule has 30 heavy (non-hydrogen) atoms. The van der Waals surface area contributed by atoms with Crippen molar-refractivity contribution in [2.75, 3.05) is 13.2 Å². The fraction of sp³-hybridized carbons (Fsp3) is 0.526. The number of guanidine groups is 1. The number of alkyl halides is 3. The Bertz CT molecular complexity index is 823. The van der Waals surface area contributed by atoms with Crippen molar-refractivity contribution in [3.05, 3.63) is 41.5 Å². The van der Waals surface area contributed by atoms with Crippen LogP contribution in [0.1, 0.15) is 37.0 Å². The summed E-state index contributed by atoms with van der Waals surface area (Å²) in [5, 5.41) is 14.9. The highest BCUT2D eigenvalue weighted by atomic mass is 127. The zero-order valence-electron chi connectivity index (χ0n) is 16.7. The second-order valence-corrected chi connectivity index (χ2v) is 6.74. The van der Waals surface area contributed by atoms with E-state index >= 15 is 0 Å². The summed E-state index contributed by atoms with van der Waals surface area (Å²) in [6.45, 7) is 3.22. The molecule has 166 valence electrons. The number of aliphatic imine (C=N–C) groups is 1. The largest absolute Gasteiger partial charge is 0.484 e. The molecule has 1 aliphatic heterocycles. The number of nitrogens with zero attached hydrogens (tertiary/aromatic N) is 4. The van der Waals surface area contributed by atoms with E-state index in [1.165, 1.54) is 12.1 Å². The van der Waals surface area contributed by atoms with Crippen molar-refractivity contribution in [1.29, 1.82) is 0 Å². The number of rotatable bonds is 7. The molecule has 0 amide bonds. The number of aromatic nitrogens is 3. The molecule has 3 rings (SSSR count). The SMILES string of the molecule is CCNC(=NCc1ccc(OCC(F)(F)F)cc1)NCc1nnc2n1CCCC2.I. The number of aryl methyl sites for hydroxylation is 1. The van der Waals surface area contributed by atoms with Crippen LogP contribution in [0, 0.1) is 0 Å². The maximum absolute atomic E-state index is 12.2. The Kier molecular flexibility index (Phi) is 9.18. The minimum atomic E-state index is -4.35. The monoisotopic (exact) mass is 538 g/mol. The van der Waals surface area contributed by atoms with Crippen molar-refractivity contribution in [2.24, 2.45) is 4.99 Å². The summed E-state index contributed by atoms with van der Waals surface area (Å²) in [5.74, 6) is 2.73. The molecule has 0 bridgehead atoms. The van der Waals surface area contributed by atoms with E-state index in [0.29, 0.717) is 25.6 Å². The van der Waals surface area contributed by atoms with Crippen LogP contribution in [0.15, 0.2) is 29.3 Å². The molecule has 7 nitrogen and oxygen atoms in total. The number of hydrogen-bond acceptors (Lipinski definition) is 4. The van der Waals surface area contributed by atoms with E-state index < -0.39 is 12.8 Å². The first-order chi connectivity index (χ1) is 13.9. The van der Waals surface area contributed by atoms with Gasteiger partial charge in [-0.15, -0.1) is 34.2 Å². The third-order valence-electron chi connectivity index (χ3n) is 4.44. The highest BCUT2D eigenvalue weighted by molar-refractivity contribution is 14.0. The first-order valence-electron chi connectivity index (χ1n) is 9.66. The maximum atomic E-state index is 12.2. The molecule has 0 radical (unpaired) electrons. The van der Waals surface area contributed by atoms with Crippen molar-refractivity contribution in [2.45, 2.75) is 52.0 Å². The summed E-state index contributed by atoms with van der Waals surface area (Å²) in [5.41, 5.74) is 0.862. The molecular weight excluding hydrogens is 512 g/mol. The van der Waals surface area contributed by atoms with Crippen LogP contribution >= 0.6 is 24.0 Å². The third kappa shape index (κ3) is 7.33. The second kappa shape index (κ2) is 11.4. The van der Waals surface area contributed by atoms with Crippen molar-refractivity contribution < 1.29 is 17.9 Å². The van der Waals surface area contributed by atoms with E-state index in [-0.39, 0.29) is 29.7 Å². The molecule has 0 aliphatic carbocycles. The molecule has 2 N–H and O–H groups in total. The summed E-state index contributed by atoms with van der Waals surface area (Å²) in [6.07, 6.45) is -1.10. The first kappa shape index (κ1) is 24.2. The number of hydrogen-bond donors (Lipinski definition) is 2. The number of ether oxygens (including phenoxy) is 1. The van der Waals surface area contributed by atoms with E-state index in [2.05, 4.69) is 30.4 Å². The van der Waals surface area contributed by atoms with Crippen molar-refractivity contribution in [3.63, 3.8) is 0 Å². The fourth-order valence-corrected chi connectivity index (χ4v) is 3.03. The minimum absolute atomic E-state index is 0. The van der Waals surface area contributed by atoms with Gasteiger partial charge in [-0.05, 0) is 37.5 Å². The maximum Gasteiger partial charge on any atom is 0.422 e. The molecule has 1 aromatic heterocycles. The van der Waals surface area contributed by atoms with Gasteiger partial charge in [-0.2, -0.15) is 13.2 Å². The van der Waals surface area contributed by atoms with E-state index in [9.17, 15) is 13.2 Å². The molecule has 0 spiro atoms. The Morgan fingerprint density at radius 2 is 1.93 bits per heavy atom. The predicted octanol–water partition coefficient (Wildman–Crippen LogP) is 3.43. The number of halogens is 4. The van der Waals surface area contributed by atoms with Crippen LogP contribution in [0.4, 0.5) is 13.2 Å². The molecular formula is C19H26F3IN6O. The Hall–Kier alpha value is -2.05. The molecule has 0 saturated carbocycles. The molecule has 2 heterocycles. The van der Waals surface area contributed by atoms with Crippen molar-refractivity contribution >= 4 is 29.9 Å². The Balaban J connectivity index is 0.00000320. The van der Waals surface area contributed by atoms with Gasteiger partial charge < -0.3 is 19.9 Å². The van der Waals surface area contributed by atoms with Gasteiger partial charge in [0.1, 0.15) is 11.6 Å². The normalized spacial score (nSPS) is 13.9. The molecule has 0 atom stereocenters. The smallest absolute Gasteiger partial charge is 0.422 e. The van der Waals surface area contributed by atoms with E-state index in [1.807, 2.05) is 6.92 Å². The standard InChI is InChI=1S/C19H25F3N6O.HI/c1-2-23-18(25-12-17-27-26-16-5-3-4-10-28(16)17)24-11-14-6-8-15(9-7-14)29-13-19(20,21)22;/h6-9H,2-5,10-13H2,1H3,(H2,23,24,25);1H. The lowest BCUT2D eigenvalue weighted by Crippen LogP contribution is -2.37. The van der Waals surface area contributed by atoms with Gasteiger partial charge in [0.2, 0.25) is 0 Å². The minimum Gasteiger partial charge on any atom is -0.484 e. The molecule has 0 saturated heterocycles. The van der Waals surface area contributed by atoms with Gasteiger partial charge in [-0.1, -0.05) is 12.1 Å². The van der Waals surface area contributed by atoms with Crippen LogP contribution in [0.2, 0.25) is 0 Å². The molecule has 0 fully saturated rings. The molecule has 2 aromatic rings. The quantitative estimate of drug-likeness (QED) is 0.321. The highest BCUT2D eigenvalue weighted by Gasteiger charge is 2.28. The van der Waals surface area contributed by atoms with Gasteiger partial charge in [0.25, 0.3) is 0 Å². The Morgan fingerprint density at radius 1 is 1.17 bits per heavy atom. The lowest BCUT2D eigenvalue weighted by Gasteiger charge is -2.16. The Labute approximate surface area is 190 Å². The van der Waals surface area contributed by atoms with Gasteiger partial charge in [-0.3, -0.25) is 0 Å². The Morgan fingerprint density at radius 3 is 2.63 bits per heavy atom. The van der Waals surface area contributed by atoms with Crippen molar-refractivity contribution in [1.82, 2.24) is 25.4 Å². The topological polar surface area (TPSA) is 76.4 Å². The van der Waals surface area contributed by atoms with Crippen molar-refractivity contribution in [3.8, 4) is 5.75 Å². The van der Waals surface area contributed by atoms with Crippen LogP contribution < -0.4 is 15.4 Å². The lowest BCUT2D eigenvalue weighted by atomic mass is 10.2. The molecule has 0 unspecified atom stereocenters. The summed E-state index contributed by atoms with van der Waals surface area (Å²) >= 11 is 0. The lowest BCUT2D eigenvalue weighted by molar-refractivity contribution is -0.153. The average Bonchev–Trinajstić information content (AvgIpc) is 3.12. The van der Waals surface area contributed by atoms with Crippen LogP contribution in [0.3, 0.4) is 0 Å². The predicted molar refractivity (Wildman–Crippen MR) is 118 cm³/mol. The summed E-state index contributed by atoms with van der Waals surface area (Å²) in [7, 11) is 0. The van der Waals surface area contributed by atoms with Crippen LogP contribution in [-0.4, -0.2) is 40.1 Å². The molecule has 1 aromatic carbocycles. The summed E-state index contributed by atoms with van der Waals surface area (Å²) in [6, 6.07) is 6.43. The molecule has 11 heteroatoms. The first-order valence-corrected chi connectivity index (χ1v) is 9.66. The zero-order chi connectivity index (χ0) is 20.7. The van der Waals surface area contributed by atoms with Gasteiger partial charge in [0, 0.05) is 19.5 Å². The number of fused-ring (bicyclic) bond motifs is 1. The van der Waals surface area contributed by atoms with Crippen LogP contribution in [-0.2, 0) is 26.1 Å².